The predicted molar refractivity (Wildman–Crippen MR) is 243 cm³/mol. The fourth-order valence-electron chi connectivity index (χ4n) is 9.49. The van der Waals surface area contributed by atoms with Gasteiger partial charge in [0.05, 0.1) is 5.41 Å². The molecule has 1 unspecified atom stereocenters. The number of aliphatic hydroxyl groups is 4. The van der Waals surface area contributed by atoms with Crippen LogP contribution in [0.25, 0.3) is 32.7 Å². The van der Waals surface area contributed by atoms with E-state index in [4.69, 9.17) is 0 Å². The van der Waals surface area contributed by atoms with Crippen LogP contribution in [0.5, 0.6) is 0 Å². The molecule has 6 aromatic carbocycles. The van der Waals surface area contributed by atoms with E-state index in [2.05, 4.69) is 141 Å². The lowest BCUT2D eigenvalue weighted by Crippen LogP contribution is -2.38. The van der Waals surface area contributed by atoms with E-state index in [1.54, 1.807) is 11.8 Å². The standard InChI is InChI=1S/C54H49NO4/c1-5-18-48-42(6-2)46-32-31-41(34-49(46)54(48,38-20-10-8-11-21-38)39-22-12-9-13-23-39)55(51(52(58)35(4)56)53(59)50(57)7-3)40-29-27-36(28-30-40)47-33-37-19-14-15-24-43(37)44-25-16-17-26-45(44)47/h5,7-34,46,49,56-59H,6H2,1-4H3/b18-5-,50-7-,52-35-,53-51-/t46-,49?/m1/s1. The summed E-state index contributed by atoms with van der Waals surface area (Å²) < 4.78 is 0. The average molecular weight is 776 g/mol. The summed E-state index contributed by atoms with van der Waals surface area (Å²) in [5.74, 6) is -2.10. The molecule has 0 saturated carbocycles. The molecule has 8 rings (SSSR count). The molecule has 59 heavy (non-hydrogen) atoms. The van der Waals surface area contributed by atoms with Gasteiger partial charge >= 0.3 is 0 Å². The molecule has 0 heterocycles. The third-order valence-electron chi connectivity index (χ3n) is 12.1. The van der Waals surface area contributed by atoms with Crippen molar-refractivity contribution in [1.82, 2.24) is 0 Å². The van der Waals surface area contributed by atoms with Crippen molar-refractivity contribution in [2.24, 2.45) is 11.8 Å². The summed E-state index contributed by atoms with van der Waals surface area (Å²) in [6.07, 6.45) is 13.1. The smallest absolute Gasteiger partial charge is 0.185 e. The van der Waals surface area contributed by atoms with E-state index in [1.807, 2.05) is 42.5 Å². The monoisotopic (exact) mass is 775 g/mol. The Labute approximate surface area is 346 Å². The zero-order chi connectivity index (χ0) is 41.3. The zero-order valence-corrected chi connectivity index (χ0v) is 33.8. The maximum absolute atomic E-state index is 11.8. The van der Waals surface area contributed by atoms with E-state index in [-0.39, 0.29) is 17.5 Å². The lowest BCUT2D eigenvalue weighted by atomic mass is 9.62. The maximum Gasteiger partial charge on any atom is 0.185 e. The molecular weight excluding hydrogens is 727 g/mol. The number of fused-ring (bicyclic) bond motifs is 4. The van der Waals surface area contributed by atoms with Crippen LogP contribution in [0, 0.1) is 11.8 Å². The van der Waals surface area contributed by atoms with Crippen LogP contribution in [-0.4, -0.2) is 20.4 Å². The van der Waals surface area contributed by atoms with E-state index in [1.165, 1.54) is 29.5 Å². The molecule has 2 aliphatic carbocycles. The number of allylic oxidation sites excluding steroid dienone is 9. The van der Waals surface area contributed by atoms with Crippen LogP contribution in [-0.2, 0) is 5.41 Å². The second-order valence-electron chi connectivity index (χ2n) is 15.2. The molecule has 5 nitrogen and oxygen atoms in total. The largest absolute Gasteiger partial charge is 0.509 e. The summed E-state index contributed by atoms with van der Waals surface area (Å²) in [6.45, 7) is 7.23. The van der Waals surface area contributed by atoms with Crippen molar-refractivity contribution in [2.45, 2.75) is 39.5 Å². The Hall–Kier alpha value is -6.98. The topological polar surface area (TPSA) is 84.2 Å². The molecule has 5 heteroatoms. The van der Waals surface area contributed by atoms with E-state index in [0.717, 1.165) is 44.8 Å². The molecule has 4 N–H and O–H groups in total. The normalized spacial score (nSPS) is 18.5. The lowest BCUT2D eigenvalue weighted by molar-refractivity contribution is 0.302. The van der Waals surface area contributed by atoms with Gasteiger partial charge in [-0.15, -0.1) is 0 Å². The second kappa shape index (κ2) is 16.1. The quantitative estimate of drug-likeness (QED) is 0.0633. The van der Waals surface area contributed by atoms with Gasteiger partial charge in [0.15, 0.2) is 17.3 Å². The molecular formula is C54H49NO4. The summed E-state index contributed by atoms with van der Waals surface area (Å²) in [7, 11) is 0. The summed E-state index contributed by atoms with van der Waals surface area (Å²) in [5.41, 5.74) is 7.46. The highest BCUT2D eigenvalue weighted by Crippen LogP contribution is 2.60. The molecule has 6 aromatic rings. The van der Waals surface area contributed by atoms with Crippen LogP contribution in [0.3, 0.4) is 0 Å². The van der Waals surface area contributed by atoms with Crippen molar-refractivity contribution >= 4 is 27.2 Å². The van der Waals surface area contributed by atoms with Crippen LogP contribution in [0.4, 0.5) is 5.69 Å². The number of aliphatic hydroxyl groups excluding tert-OH is 4. The Kier molecular flexibility index (Phi) is 10.6. The first-order valence-electron chi connectivity index (χ1n) is 20.3. The highest BCUT2D eigenvalue weighted by molar-refractivity contribution is 6.13. The highest BCUT2D eigenvalue weighted by atomic mass is 16.3. The summed E-state index contributed by atoms with van der Waals surface area (Å²) in [5, 5.41) is 50.0. The Morgan fingerprint density at radius 2 is 1.29 bits per heavy atom. The number of nitrogens with zero attached hydrogens (tertiary/aromatic N) is 1. The lowest BCUT2D eigenvalue weighted by Gasteiger charge is -2.41. The molecule has 0 fully saturated rings. The van der Waals surface area contributed by atoms with E-state index in [0.29, 0.717) is 11.4 Å². The van der Waals surface area contributed by atoms with Gasteiger partial charge in [0.25, 0.3) is 0 Å². The predicted octanol–water partition coefficient (Wildman–Crippen LogP) is 14.0. The molecule has 0 aliphatic heterocycles. The first-order chi connectivity index (χ1) is 28.7. The van der Waals surface area contributed by atoms with Crippen molar-refractivity contribution < 1.29 is 20.4 Å². The summed E-state index contributed by atoms with van der Waals surface area (Å²) >= 11 is 0. The van der Waals surface area contributed by atoms with Gasteiger partial charge in [0.2, 0.25) is 0 Å². The van der Waals surface area contributed by atoms with E-state index >= 15 is 0 Å². The highest BCUT2D eigenvalue weighted by Gasteiger charge is 2.53. The fourth-order valence-corrected chi connectivity index (χ4v) is 9.49. The number of rotatable bonds is 10. The molecule has 2 aliphatic rings. The van der Waals surface area contributed by atoms with Gasteiger partial charge in [-0.1, -0.05) is 158 Å². The van der Waals surface area contributed by atoms with E-state index < -0.39 is 28.5 Å². The van der Waals surface area contributed by atoms with Crippen molar-refractivity contribution in [2.75, 3.05) is 4.90 Å². The molecule has 0 radical (unpaired) electrons. The number of hydrogen-bond acceptors (Lipinski definition) is 5. The van der Waals surface area contributed by atoms with E-state index in [9.17, 15) is 20.4 Å². The number of benzene rings is 6. The Balaban J connectivity index is 1.38. The molecule has 0 saturated heterocycles. The second-order valence-corrected chi connectivity index (χ2v) is 15.2. The molecule has 0 amide bonds. The Morgan fingerprint density at radius 3 is 1.88 bits per heavy atom. The van der Waals surface area contributed by atoms with Crippen LogP contribution >= 0.6 is 0 Å². The van der Waals surface area contributed by atoms with Gasteiger partial charge in [0.1, 0.15) is 11.5 Å². The molecule has 294 valence electrons. The van der Waals surface area contributed by atoms with Crippen molar-refractivity contribution in [3.63, 3.8) is 0 Å². The van der Waals surface area contributed by atoms with Crippen LogP contribution < -0.4 is 4.90 Å². The van der Waals surface area contributed by atoms with Crippen LogP contribution in [0.15, 0.2) is 222 Å². The first kappa shape index (κ1) is 38.9. The SMILES string of the molecule is C/C=C\C1=C(CC)[C@H]2C=CC(N(C(/C(O)=C(\C)O)=C(O)/C(O)=C/C)c3ccc(-c4cc5ccccc5c5ccccc45)cc3)=CC2C1(c1ccccc1)c1ccccc1. The third-order valence-corrected chi connectivity index (χ3v) is 12.1. The van der Waals surface area contributed by atoms with Gasteiger partial charge in [-0.25, -0.2) is 0 Å². The van der Waals surface area contributed by atoms with Gasteiger partial charge in [0, 0.05) is 23.2 Å². The first-order valence-corrected chi connectivity index (χ1v) is 20.3. The zero-order valence-electron chi connectivity index (χ0n) is 33.8. The minimum absolute atomic E-state index is 0.0365. The molecule has 2 atom stereocenters. The third kappa shape index (κ3) is 6.53. The van der Waals surface area contributed by atoms with Crippen LogP contribution in [0.2, 0.25) is 0 Å². The summed E-state index contributed by atoms with van der Waals surface area (Å²) in [4.78, 5) is 1.74. The minimum atomic E-state index is -0.601. The Morgan fingerprint density at radius 1 is 0.695 bits per heavy atom. The number of anilines is 1. The minimum Gasteiger partial charge on any atom is -0.509 e. The fraction of sp³-hybridized carbons (Fsp3) is 0.148. The molecule has 0 aromatic heterocycles. The van der Waals surface area contributed by atoms with Crippen LogP contribution in [0.1, 0.15) is 45.2 Å². The van der Waals surface area contributed by atoms with Crippen molar-refractivity contribution in [3.05, 3.63) is 233 Å². The number of hydrogen-bond donors (Lipinski definition) is 4. The average Bonchev–Trinajstić information content (AvgIpc) is 3.56. The summed E-state index contributed by atoms with van der Waals surface area (Å²) in [6, 6.07) is 48.3. The van der Waals surface area contributed by atoms with Crippen molar-refractivity contribution in [1.29, 1.82) is 0 Å². The van der Waals surface area contributed by atoms with Gasteiger partial charge in [-0.3, -0.25) is 0 Å². The molecule has 0 bridgehead atoms. The Bertz CT molecular complexity index is 2720. The van der Waals surface area contributed by atoms with Gasteiger partial charge < -0.3 is 25.3 Å². The molecule has 0 spiro atoms. The maximum atomic E-state index is 11.8. The van der Waals surface area contributed by atoms with Gasteiger partial charge in [-0.05, 0) is 107 Å². The van der Waals surface area contributed by atoms with Gasteiger partial charge in [-0.2, -0.15) is 0 Å². The van der Waals surface area contributed by atoms with Crippen molar-refractivity contribution in [3.8, 4) is 11.1 Å².